The first-order valence-corrected chi connectivity index (χ1v) is 7.10. The molecular formula is C14H17NOS. The monoisotopic (exact) mass is 247 g/mol. The minimum absolute atomic E-state index is 0.279. The third kappa shape index (κ3) is 2.05. The third-order valence-electron chi connectivity index (χ3n) is 3.76. The third-order valence-corrected chi connectivity index (χ3v) is 4.54. The number of benzene rings is 1. The number of hydrogen-bond acceptors (Lipinski definition) is 3. The first-order valence-electron chi connectivity index (χ1n) is 5.88. The molecule has 0 heterocycles. The summed E-state index contributed by atoms with van der Waals surface area (Å²) in [5.41, 5.74) is 3.49. The summed E-state index contributed by atoms with van der Waals surface area (Å²) in [4.78, 5) is 16.0. The molecule has 0 aromatic heterocycles. The zero-order chi connectivity index (χ0) is 12.5. The minimum atomic E-state index is -0.279. The number of thioether (sulfide) groups is 1. The molecule has 90 valence electrons. The number of rotatable bonds is 3. The van der Waals surface area contributed by atoms with Crippen LogP contribution < -0.4 is 0 Å². The van der Waals surface area contributed by atoms with Crippen molar-refractivity contribution in [3.8, 4) is 0 Å². The van der Waals surface area contributed by atoms with Crippen molar-refractivity contribution in [1.29, 1.82) is 0 Å². The van der Waals surface area contributed by atoms with Crippen molar-refractivity contribution < 1.29 is 4.79 Å². The van der Waals surface area contributed by atoms with Gasteiger partial charge in [0.1, 0.15) is 0 Å². The van der Waals surface area contributed by atoms with Crippen LogP contribution in [0.3, 0.4) is 0 Å². The second kappa shape index (κ2) is 4.67. The summed E-state index contributed by atoms with van der Waals surface area (Å²) in [6.07, 6.45) is 6.92. The van der Waals surface area contributed by atoms with E-state index in [1.807, 2.05) is 0 Å². The number of aryl methyl sites for hydroxylation is 2. The van der Waals surface area contributed by atoms with Crippen LogP contribution in [0.4, 0.5) is 0 Å². The fourth-order valence-corrected chi connectivity index (χ4v) is 3.13. The highest BCUT2D eigenvalue weighted by Gasteiger charge is 2.40. The Bertz CT molecular complexity index is 485. The van der Waals surface area contributed by atoms with Crippen LogP contribution in [0.5, 0.6) is 0 Å². The molecule has 0 atom stereocenters. The van der Waals surface area contributed by atoms with Crippen molar-refractivity contribution >= 4 is 17.8 Å². The molecule has 2 nitrogen and oxygen atoms in total. The molecule has 0 amide bonds. The normalized spacial score (nSPS) is 17.1. The van der Waals surface area contributed by atoms with Crippen molar-refractivity contribution in [2.24, 2.45) is 4.99 Å². The van der Waals surface area contributed by atoms with Gasteiger partial charge in [0.15, 0.2) is 0 Å². The smallest absolute Gasteiger partial charge is 0.211 e. The largest absolute Gasteiger partial charge is 0.235 e. The number of isocyanates is 1. The van der Waals surface area contributed by atoms with Gasteiger partial charge in [0.2, 0.25) is 6.08 Å². The molecule has 0 N–H and O–H groups in total. The van der Waals surface area contributed by atoms with Gasteiger partial charge in [-0.2, -0.15) is 4.99 Å². The van der Waals surface area contributed by atoms with Gasteiger partial charge < -0.3 is 0 Å². The molecule has 1 aromatic carbocycles. The summed E-state index contributed by atoms with van der Waals surface area (Å²) in [6.45, 7) is 4.23. The molecule has 1 saturated carbocycles. The van der Waals surface area contributed by atoms with Gasteiger partial charge in [-0.05, 0) is 62.1 Å². The van der Waals surface area contributed by atoms with Crippen molar-refractivity contribution in [3.63, 3.8) is 0 Å². The van der Waals surface area contributed by atoms with E-state index >= 15 is 0 Å². The number of nitrogens with zero attached hydrogens (tertiary/aromatic N) is 1. The molecule has 0 bridgehead atoms. The Morgan fingerprint density at radius 3 is 2.41 bits per heavy atom. The van der Waals surface area contributed by atoms with Crippen LogP contribution in [0.25, 0.3) is 0 Å². The van der Waals surface area contributed by atoms with E-state index in [-0.39, 0.29) is 5.54 Å². The summed E-state index contributed by atoms with van der Waals surface area (Å²) in [5, 5.41) is 0. The van der Waals surface area contributed by atoms with E-state index in [4.69, 9.17) is 0 Å². The maximum Gasteiger partial charge on any atom is 0.235 e. The lowest BCUT2D eigenvalue weighted by atomic mass is 9.72. The lowest BCUT2D eigenvalue weighted by Gasteiger charge is -2.38. The maximum atomic E-state index is 10.6. The predicted molar refractivity (Wildman–Crippen MR) is 71.3 cm³/mol. The van der Waals surface area contributed by atoms with Crippen molar-refractivity contribution in [2.45, 2.75) is 43.5 Å². The average Bonchev–Trinajstić information content (AvgIpc) is 2.27. The van der Waals surface area contributed by atoms with E-state index in [2.05, 4.69) is 37.2 Å². The SMILES string of the molecule is CSc1cc(C)c(C)cc1C1(N=C=O)CCC1. The van der Waals surface area contributed by atoms with E-state index in [1.165, 1.54) is 21.6 Å². The molecule has 1 fully saturated rings. The van der Waals surface area contributed by atoms with Crippen molar-refractivity contribution in [3.05, 3.63) is 28.8 Å². The second-order valence-corrected chi connectivity index (χ2v) is 5.57. The Hall–Kier alpha value is -1.05. The highest BCUT2D eigenvalue weighted by atomic mass is 32.2. The van der Waals surface area contributed by atoms with Crippen LogP contribution in [0.15, 0.2) is 22.0 Å². The van der Waals surface area contributed by atoms with Crippen LogP contribution in [0, 0.1) is 13.8 Å². The van der Waals surface area contributed by atoms with Crippen LogP contribution in [-0.2, 0) is 10.3 Å². The van der Waals surface area contributed by atoms with Crippen LogP contribution in [0.2, 0.25) is 0 Å². The quantitative estimate of drug-likeness (QED) is 0.462. The van der Waals surface area contributed by atoms with Gasteiger partial charge in [-0.3, -0.25) is 0 Å². The maximum absolute atomic E-state index is 10.6. The molecule has 1 aromatic rings. The highest BCUT2D eigenvalue weighted by Crippen LogP contribution is 2.48. The van der Waals surface area contributed by atoms with E-state index in [0.717, 1.165) is 19.3 Å². The first-order chi connectivity index (χ1) is 8.13. The summed E-state index contributed by atoms with van der Waals surface area (Å²) in [7, 11) is 0. The number of hydrogen-bond donors (Lipinski definition) is 0. The zero-order valence-corrected chi connectivity index (χ0v) is 11.4. The second-order valence-electron chi connectivity index (χ2n) is 4.72. The minimum Gasteiger partial charge on any atom is -0.211 e. The fraction of sp³-hybridized carbons (Fsp3) is 0.500. The summed E-state index contributed by atoms with van der Waals surface area (Å²) in [5.74, 6) is 0. The summed E-state index contributed by atoms with van der Waals surface area (Å²) < 4.78 is 0. The molecule has 0 saturated heterocycles. The zero-order valence-electron chi connectivity index (χ0n) is 10.5. The molecule has 0 spiro atoms. The Kier molecular flexibility index (Phi) is 3.41. The number of aliphatic imine (C=N–C) groups is 1. The summed E-state index contributed by atoms with van der Waals surface area (Å²) in [6, 6.07) is 4.40. The Morgan fingerprint density at radius 1 is 1.29 bits per heavy atom. The molecule has 1 aliphatic carbocycles. The molecule has 0 radical (unpaired) electrons. The fourth-order valence-electron chi connectivity index (χ4n) is 2.36. The highest BCUT2D eigenvalue weighted by molar-refractivity contribution is 7.98. The van der Waals surface area contributed by atoms with Crippen LogP contribution >= 0.6 is 11.8 Å². The van der Waals surface area contributed by atoms with Gasteiger partial charge in [0, 0.05) is 4.90 Å². The van der Waals surface area contributed by atoms with E-state index < -0.39 is 0 Å². The van der Waals surface area contributed by atoms with E-state index in [0.29, 0.717) is 0 Å². The first kappa shape index (κ1) is 12.4. The standard InChI is InChI=1S/C14H17NOS/c1-10-7-12(13(17-3)8-11(10)2)14(15-9-16)5-4-6-14/h7-8H,4-6H2,1-3H3. The van der Waals surface area contributed by atoms with Crippen molar-refractivity contribution in [2.75, 3.05) is 6.26 Å². The average molecular weight is 247 g/mol. The van der Waals surface area contributed by atoms with Gasteiger partial charge in [-0.15, -0.1) is 11.8 Å². The Morgan fingerprint density at radius 2 is 1.94 bits per heavy atom. The van der Waals surface area contributed by atoms with Crippen molar-refractivity contribution in [1.82, 2.24) is 0 Å². The van der Waals surface area contributed by atoms with Gasteiger partial charge >= 0.3 is 0 Å². The topological polar surface area (TPSA) is 29.4 Å². The molecule has 0 unspecified atom stereocenters. The molecule has 1 aliphatic rings. The molecule has 3 heteroatoms. The van der Waals surface area contributed by atoms with Gasteiger partial charge in [0.05, 0.1) is 5.54 Å². The van der Waals surface area contributed by atoms with Crippen LogP contribution in [-0.4, -0.2) is 12.3 Å². The van der Waals surface area contributed by atoms with Gasteiger partial charge in [-0.25, -0.2) is 4.79 Å². The van der Waals surface area contributed by atoms with E-state index in [9.17, 15) is 4.79 Å². The lowest BCUT2D eigenvalue weighted by Crippen LogP contribution is -2.32. The lowest BCUT2D eigenvalue weighted by molar-refractivity contribution is 0.251. The molecule has 2 rings (SSSR count). The predicted octanol–water partition coefficient (Wildman–Crippen LogP) is 3.74. The van der Waals surface area contributed by atoms with Gasteiger partial charge in [0.25, 0.3) is 0 Å². The van der Waals surface area contributed by atoms with Crippen LogP contribution in [0.1, 0.15) is 36.0 Å². The molecular weight excluding hydrogens is 230 g/mol. The molecule has 17 heavy (non-hydrogen) atoms. The van der Waals surface area contributed by atoms with E-state index in [1.54, 1.807) is 17.8 Å². The van der Waals surface area contributed by atoms with Gasteiger partial charge in [-0.1, -0.05) is 6.07 Å². The Labute approximate surface area is 107 Å². The number of carbonyl (C=O) groups excluding carboxylic acids is 1. The Balaban J connectivity index is 2.57. The molecule has 0 aliphatic heterocycles. The summed E-state index contributed by atoms with van der Waals surface area (Å²) >= 11 is 1.73.